The van der Waals surface area contributed by atoms with Gasteiger partial charge in [-0.05, 0) is 49.4 Å². The lowest BCUT2D eigenvalue weighted by Crippen LogP contribution is -2.49. The standard InChI is InChI=1S/C16H23ClN2O/c1-2-12-7-9-18-15(11-12)16(20)19-10-8-13-3-5-14(17)6-4-13/h3-6,12,15,18H,2,7-11H2,1H3,(H,19,20). The molecule has 1 heterocycles. The molecule has 1 saturated heterocycles. The van der Waals surface area contributed by atoms with Gasteiger partial charge in [-0.25, -0.2) is 0 Å². The molecule has 2 unspecified atom stereocenters. The Labute approximate surface area is 126 Å². The Hall–Kier alpha value is -1.06. The third-order valence-electron chi connectivity index (χ3n) is 4.03. The molecule has 0 saturated carbocycles. The van der Waals surface area contributed by atoms with Crippen molar-refractivity contribution < 1.29 is 4.79 Å². The first kappa shape index (κ1) is 15.3. The molecule has 2 rings (SSSR count). The molecule has 110 valence electrons. The summed E-state index contributed by atoms with van der Waals surface area (Å²) in [5.41, 5.74) is 1.19. The van der Waals surface area contributed by atoms with Crippen molar-refractivity contribution in [2.24, 2.45) is 5.92 Å². The van der Waals surface area contributed by atoms with Gasteiger partial charge in [-0.15, -0.1) is 0 Å². The fourth-order valence-electron chi connectivity index (χ4n) is 2.67. The molecule has 1 aliphatic heterocycles. The highest BCUT2D eigenvalue weighted by atomic mass is 35.5. The van der Waals surface area contributed by atoms with Gasteiger partial charge in [0.15, 0.2) is 0 Å². The normalized spacial score (nSPS) is 22.5. The zero-order chi connectivity index (χ0) is 14.4. The first-order valence-electron chi connectivity index (χ1n) is 7.44. The minimum atomic E-state index is -0.0149. The number of carbonyl (C=O) groups excluding carboxylic acids is 1. The van der Waals surface area contributed by atoms with Crippen LogP contribution in [0.15, 0.2) is 24.3 Å². The van der Waals surface area contributed by atoms with Crippen LogP contribution in [-0.2, 0) is 11.2 Å². The van der Waals surface area contributed by atoms with Crippen molar-refractivity contribution in [3.63, 3.8) is 0 Å². The third-order valence-corrected chi connectivity index (χ3v) is 4.28. The van der Waals surface area contributed by atoms with Crippen LogP contribution in [0.25, 0.3) is 0 Å². The van der Waals surface area contributed by atoms with Crippen LogP contribution in [0.5, 0.6) is 0 Å². The number of piperidine rings is 1. The summed E-state index contributed by atoms with van der Waals surface area (Å²) in [6.07, 6.45) is 4.15. The van der Waals surface area contributed by atoms with Gasteiger partial charge in [0.05, 0.1) is 6.04 Å². The predicted octanol–water partition coefficient (Wildman–Crippen LogP) is 2.78. The van der Waals surface area contributed by atoms with E-state index in [9.17, 15) is 4.79 Å². The summed E-state index contributed by atoms with van der Waals surface area (Å²) in [5, 5.41) is 7.08. The van der Waals surface area contributed by atoms with Crippen molar-refractivity contribution in [2.75, 3.05) is 13.1 Å². The summed E-state index contributed by atoms with van der Waals surface area (Å²) < 4.78 is 0. The van der Waals surface area contributed by atoms with E-state index in [4.69, 9.17) is 11.6 Å². The van der Waals surface area contributed by atoms with E-state index in [1.54, 1.807) is 0 Å². The van der Waals surface area contributed by atoms with Crippen molar-refractivity contribution in [1.29, 1.82) is 0 Å². The van der Waals surface area contributed by atoms with Crippen LogP contribution in [-0.4, -0.2) is 25.0 Å². The number of benzene rings is 1. The van der Waals surface area contributed by atoms with Gasteiger partial charge in [0, 0.05) is 11.6 Å². The first-order chi connectivity index (χ1) is 9.69. The number of carbonyl (C=O) groups is 1. The quantitative estimate of drug-likeness (QED) is 0.877. The molecule has 4 heteroatoms. The molecule has 0 radical (unpaired) electrons. The van der Waals surface area contributed by atoms with Gasteiger partial charge in [0.25, 0.3) is 0 Å². The van der Waals surface area contributed by atoms with Gasteiger partial charge in [-0.2, -0.15) is 0 Å². The van der Waals surface area contributed by atoms with Gasteiger partial charge in [0.2, 0.25) is 5.91 Å². The van der Waals surface area contributed by atoms with Gasteiger partial charge in [-0.3, -0.25) is 4.79 Å². The largest absolute Gasteiger partial charge is 0.354 e. The molecular weight excluding hydrogens is 272 g/mol. The lowest BCUT2D eigenvalue weighted by molar-refractivity contribution is -0.124. The van der Waals surface area contributed by atoms with Gasteiger partial charge in [0.1, 0.15) is 0 Å². The van der Waals surface area contributed by atoms with Crippen LogP contribution in [0.3, 0.4) is 0 Å². The summed E-state index contributed by atoms with van der Waals surface area (Å²) in [4.78, 5) is 12.1. The summed E-state index contributed by atoms with van der Waals surface area (Å²) in [7, 11) is 0. The van der Waals surface area contributed by atoms with Crippen molar-refractivity contribution in [2.45, 2.75) is 38.6 Å². The lowest BCUT2D eigenvalue weighted by atomic mass is 9.90. The van der Waals surface area contributed by atoms with E-state index in [2.05, 4.69) is 17.6 Å². The van der Waals surface area contributed by atoms with Crippen molar-refractivity contribution >= 4 is 17.5 Å². The molecule has 1 aliphatic rings. The highest BCUT2D eigenvalue weighted by molar-refractivity contribution is 6.30. The van der Waals surface area contributed by atoms with E-state index in [0.29, 0.717) is 12.5 Å². The third kappa shape index (κ3) is 4.50. The van der Waals surface area contributed by atoms with E-state index >= 15 is 0 Å². The number of nitrogens with one attached hydrogen (secondary N) is 2. The lowest BCUT2D eigenvalue weighted by Gasteiger charge is -2.28. The van der Waals surface area contributed by atoms with Crippen LogP contribution >= 0.6 is 11.6 Å². The molecule has 0 bridgehead atoms. The summed E-state index contributed by atoms with van der Waals surface area (Å²) in [6.45, 7) is 3.83. The maximum absolute atomic E-state index is 12.1. The second-order valence-electron chi connectivity index (χ2n) is 5.47. The Morgan fingerprint density at radius 1 is 1.40 bits per heavy atom. The van der Waals surface area contributed by atoms with Crippen molar-refractivity contribution in [3.8, 4) is 0 Å². The minimum absolute atomic E-state index is 0.0149. The highest BCUT2D eigenvalue weighted by Gasteiger charge is 2.25. The molecule has 1 aromatic rings. The number of hydrogen-bond acceptors (Lipinski definition) is 2. The molecule has 0 spiro atoms. The zero-order valence-electron chi connectivity index (χ0n) is 12.0. The molecule has 1 fully saturated rings. The summed E-state index contributed by atoms with van der Waals surface area (Å²) in [6, 6.07) is 7.75. The molecule has 2 atom stereocenters. The first-order valence-corrected chi connectivity index (χ1v) is 7.82. The Kier molecular flexibility index (Phi) is 5.86. The Morgan fingerprint density at radius 3 is 2.85 bits per heavy atom. The number of rotatable bonds is 5. The number of hydrogen-bond donors (Lipinski definition) is 2. The monoisotopic (exact) mass is 294 g/mol. The molecule has 20 heavy (non-hydrogen) atoms. The van der Waals surface area contributed by atoms with Crippen molar-refractivity contribution in [1.82, 2.24) is 10.6 Å². The maximum Gasteiger partial charge on any atom is 0.237 e. The SMILES string of the molecule is CCC1CCNC(C(=O)NCCc2ccc(Cl)cc2)C1. The smallest absolute Gasteiger partial charge is 0.237 e. The average Bonchev–Trinajstić information content (AvgIpc) is 2.49. The summed E-state index contributed by atoms with van der Waals surface area (Å²) >= 11 is 5.85. The van der Waals surface area contributed by atoms with Gasteiger partial charge < -0.3 is 10.6 Å². The van der Waals surface area contributed by atoms with Crippen LogP contribution in [0.2, 0.25) is 5.02 Å². The van der Waals surface area contributed by atoms with E-state index < -0.39 is 0 Å². The Morgan fingerprint density at radius 2 is 2.15 bits per heavy atom. The fraction of sp³-hybridized carbons (Fsp3) is 0.562. The topological polar surface area (TPSA) is 41.1 Å². The highest BCUT2D eigenvalue weighted by Crippen LogP contribution is 2.19. The molecule has 1 aromatic carbocycles. The second kappa shape index (κ2) is 7.65. The van der Waals surface area contributed by atoms with E-state index in [-0.39, 0.29) is 11.9 Å². The fourth-order valence-corrected chi connectivity index (χ4v) is 2.80. The summed E-state index contributed by atoms with van der Waals surface area (Å²) in [5.74, 6) is 0.820. The van der Waals surface area contributed by atoms with E-state index in [0.717, 1.165) is 30.8 Å². The Balaban J connectivity index is 1.73. The van der Waals surface area contributed by atoms with Crippen molar-refractivity contribution in [3.05, 3.63) is 34.9 Å². The average molecular weight is 295 g/mol. The van der Waals surface area contributed by atoms with Crippen LogP contribution in [0.1, 0.15) is 31.7 Å². The molecular formula is C16H23ClN2O. The molecule has 3 nitrogen and oxygen atoms in total. The minimum Gasteiger partial charge on any atom is -0.354 e. The van der Waals surface area contributed by atoms with E-state index in [1.165, 1.54) is 12.0 Å². The number of amides is 1. The second-order valence-corrected chi connectivity index (χ2v) is 5.91. The Bertz CT molecular complexity index is 433. The van der Waals surface area contributed by atoms with Crippen LogP contribution < -0.4 is 10.6 Å². The molecule has 0 aliphatic carbocycles. The zero-order valence-corrected chi connectivity index (χ0v) is 12.7. The molecule has 1 amide bonds. The number of halogens is 1. The maximum atomic E-state index is 12.1. The van der Waals surface area contributed by atoms with Crippen LogP contribution in [0, 0.1) is 5.92 Å². The van der Waals surface area contributed by atoms with Crippen LogP contribution in [0.4, 0.5) is 0 Å². The van der Waals surface area contributed by atoms with Gasteiger partial charge in [-0.1, -0.05) is 37.1 Å². The van der Waals surface area contributed by atoms with E-state index in [1.807, 2.05) is 24.3 Å². The molecule has 2 N–H and O–H groups in total. The molecule has 0 aromatic heterocycles. The van der Waals surface area contributed by atoms with Gasteiger partial charge >= 0.3 is 0 Å². The predicted molar refractivity (Wildman–Crippen MR) is 83.0 cm³/mol.